The summed E-state index contributed by atoms with van der Waals surface area (Å²) in [6, 6.07) is 4.67. The molecule has 0 amide bonds. The molecule has 1 aromatic rings. The van der Waals surface area contributed by atoms with E-state index in [-0.39, 0.29) is 10.6 Å². The molecule has 62 valence electrons. The zero-order valence-corrected chi connectivity index (χ0v) is 7.84. The van der Waals surface area contributed by atoms with E-state index in [0.717, 1.165) is 0 Å². The highest BCUT2D eigenvalue weighted by atomic mass is 35.5. The van der Waals surface area contributed by atoms with Gasteiger partial charge in [-0.25, -0.2) is 4.39 Å². The molecule has 1 nitrogen and oxygen atoms in total. The van der Waals surface area contributed by atoms with Crippen molar-refractivity contribution in [2.24, 2.45) is 0 Å². The van der Waals surface area contributed by atoms with E-state index in [2.05, 4.69) is 0 Å². The molecule has 1 aromatic carbocycles. The maximum atomic E-state index is 12.8. The second-order valence-corrected chi connectivity index (χ2v) is 3.28. The summed E-state index contributed by atoms with van der Waals surface area (Å²) in [6.07, 6.45) is 1.81. The standard InChI is InChI=1S/C8H5ClFNS/c1-12-7-3-2-6(10)8(9)5(7)4-11/h2-3H,1H3. The summed E-state index contributed by atoms with van der Waals surface area (Å²) in [4.78, 5) is 0.698. The lowest BCUT2D eigenvalue weighted by Crippen LogP contribution is -1.86. The van der Waals surface area contributed by atoms with Crippen molar-refractivity contribution in [3.8, 4) is 6.07 Å². The van der Waals surface area contributed by atoms with E-state index in [1.54, 1.807) is 6.07 Å². The summed E-state index contributed by atoms with van der Waals surface area (Å²) in [5.74, 6) is -0.550. The van der Waals surface area contributed by atoms with Crippen LogP contribution in [-0.4, -0.2) is 6.26 Å². The Hall–Kier alpha value is -0.720. The Labute approximate surface area is 79.1 Å². The van der Waals surface area contributed by atoms with Crippen LogP contribution in [0.1, 0.15) is 5.56 Å². The lowest BCUT2D eigenvalue weighted by molar-refractivity contribution is 0.626. The Balaban J connectivity index is 3.38. The average Bonchev–Trinajstić information content (AvgIpc) is 2.09. The normalized spacial score (nSPS) is 9.50. The van der Waals surface area contributed by atoms with Crippen LogP contribution in [0.15, 0.2) is 17.0 Å². The highest BCUT2D eigenvalue weighted by Gasteiger charge is 2.09. The van der Waals surface area contributed by atoms with Crippen molar-refractivity contribution in [2.75, 3.05) is 6.26 Å². The monoisotopic (exact) mass is 201 g/mol. The maximum absolute atomic E-state index is 12.8. The van der Waals surface area contributed by atoms with Gasteiger partial charge in [0.25, 0.3) is 0 Å². The molecule has 0 aromatic heterocycles. The Bertz CT molecular complexity index is 346. The van der Waals surface area contributed by atoms with Crippen LogP contribution in [0.25, 0.3) is 0 Å². The summed E-state index contributed by atoms with van der Waals surface area (Å²) >= 11 is 6.94. The fraction of sp³-hybridized carbons (Fsp3) is 0.125. The topological polar surface area (TPSA) is 23.8 Å². The number of hydrogen-bond donors (Lipinski definition) is 0. The third kappa shape index (κ3) is 1.55. The van der Waals surface area contributed by atoms with Crippen molar-refractivity contribution in [1.29, 1.82) is 5.26 Å². The van der Waals surface area contributed by atoms with Gasteiger partial charge >= 0.3 is 0 Å². The predicted octanol–water partition coefficient (Wildman–Crippen LogP) is 3.07. The number of rotatable bonds is 1. The van der Waals surface area contributed by atoms with E-state index in [1.807, 2.05) is 12.3 Å². The van der Waals surface area contributed by atoms with Crippen LogP contribution in [0, 0.1) is 17.1 Å². The van der Waals surface area contributed by atoms with Crippen LogP contribution >= 0.6 is 23.4 Å². The molecule has 0 N–H and O–H groups in total. The average molecular weight is 202 g/mol. The number of halogens is 2. The molecule has 0 bridgehead atoms. The summed E-state index contributed by atoms with van der Waals surface area (Å²) in [5, 5.41) is 8.55. The number of nitrogens with zero attached hydrogens (tertiary/aromatic N) is 1. The zero-order chi connectivity index (χ0) is 9.14. The van der Waals surface area contributed by atoms with Gasteiger partial charge in [-0.2, -0.15) is 5.26 Å². The molecule has 0 fully saturated rings. The van der Waals surface area contributed by atoms with E-state index in [4.69, 9.17) is 16.9 Å². The number of hydrogen-bond acceptors (Lipinski definition) is 2. The quantitative estimate of drug-likeness (QED) is 0.652. The fourth-order valence-electron chi connectivity index (χ4n) is 0.807. The van der Waals surface area contributed by atoms with Gasteiger partial charge in [-0.15, -0.1) is 11.8 Å². The Morgan fingerprint density at radius 3 is 2.75 bits per heavy atom. The van der Waals surface area contributed by atoms with Crippen LogP contribution in [0.2, 0.25) is 5.02 Å². The van der Waals surface area contributed by atoms with Gasteiger partial charge in [-0.3, -0.25) is 0 Å². The molecule has 12 heavy (non-hydrogen) atoms. The van der Waals surface area contributed by atoms with E-state index < -0.39 is 5.82 Å². The van der Waals surface area contributed by atoms with Crippen molar-refractivity contribution in [3.63, 3.8) is 0 Å². The molecule has 1 rings (SSSR count). The Morgan fingerprint density at radius 1 is 1.58 bits per heavy atom. The Kier molecular flexibility index (Phi) is 2.96. The first kappa shape index (κ1) is 9.37. The van der Waals surface area contributed by atoms with Gasteiger partial charge in [0.05, 0.1) is 10.6 Å². The molecule has 0 radical (unpaired) electrons. The van der Waals surface area contributed by atoms with Gasteiger partial charge in [-0.1, -0.05) is 11.6 Å². The predicted molar refractivity (Wildman–Crippen MR) is 47.9 cm³/mol. The number of nitriles is 1. The van der Waals surface area contributed by atoms with Crippen LogP contribution in [0.5, 0.6) is 0 Å². The SMILES string of the molecule is CSc1ccc(F)c(Cl)c1C#N. The van der Waals surface area contributed by atoms with Crippen LogP contribution in [-0.2, 0) is 0 Å². The first-order valence-corrected chi connectivity index (χ1v) is 4.73. The van der Waals surface area contributed by atoms with Crippen molar-refractivity contribution < 1.29 is 4.39 Å². The number of thioether (sulfide) groups is 1. The molecular weight excluding hydrogens is 197 g/mol. The lowest BCUT2D eigenvalue weighted by Gasteiger charge is -2.01. The molecule has 0 atom stereocenters. The van der Waals surface area contributed by atoms with Gasteiger partial charge in [0.15, 0.2) is 0 Å². The smallest absolute Gasteiger partial charge is 0.143 e. The zero-order valence-electron chi connectivity index (χ0n) is 6.27. The summed E-state index contributed by atoms with van der Waals surface area (Å²) in [6.45, 7) is 0. The minimum absolute atomic E-state index is 0.0932. The van der Waals surface area contributed by atoms with Crippen molar-refractivity contribution in [2.45, 2.75) is 4.90 Å². The van der Waals surface area contributed by atoms with Gasteiger partial charge in [0.2, 0.25) is 0 Å². The fourth-order valence-corrected chi connectivity index (χ4v) is 1.63. The Morgan fingerprint density at radius 2 is 2.25 bits per heavy atom. The van der Waals surface area contributed by atoms with Crippen molar-refractivity contribution in [1.82, 2.24) is 0 Å². The number of benzene rings is 1. The van der Waals surface area contributed by atoms with E-state index in [1.165, 1.54) is 17.8 Å². The highest BCUT2D eigenvalue weighted by Crippen LogP contribution is 2.28. The summed E-state index contributed by atoms with van der Waals surface area (Å²) < 4.78 is 12.8. The molecule has 0 aliphatic heterocycles. The second-order valence-electron chi connectivity index (χ2n) is 2.05. The largest absolute Gasteiger partial charge is 0.205 e. The molecule has 0 aliphatic carbocycles. The van der Waals surface area contributed by atoms with E-state index in [9.17, 15) is 4.39 Å². The minimum atomic E-state index is -0.550. The van der Waals surface area contributed by atoms with Gasteiger partial charge in [-0.05, 0) is 18.4 Å². The molecule has 0 unspecified atom stereocenters. The maximum Gasteiger partial charge on any atom is 0.143 e. The van der Waals surface area contributed by atoms with Crippen LogP contribution in [0.4, 0.5) is 4.39 Å². The second kappa shape index (κ2) is 3.79. The van der Waals surface area contributed by atoms with Crippen molar-refractivity contribution >= 4 is 23.4 Å². The molecule has 0 saturated carbocycles. The van der Waals surface area contributed by atoms with Gasteiger partial charge in [0.1, 0.15) is 11.9 Å². The third-order valence-electron chi connectivity index (χ3n) is 1.39. The molecule has 0 heterocycles. The third-order valence-corrected chi connectivity index (χ3v) is 2.54. The van der Waals surface area contributed by atoms with Crippen LogP contribution in [0.3, 0.4) is 0 Å². The van der Waals surface area contributed by atoms with Crippen molar-refractivity contribution in [3.05, 3.63) is 28.5 Å². The molecule has 0 spiro atoms. The highest BCUT2D eigenvalue weighted by molar-refractivity contribution is 7.98. The first-order valence-electron chi connectivity index (χ1n) is 3.12. The van der Waals surface area contributed by atoms with Gasteiger partial charge in [0, 0.05) is 4.90 Å². The summed E-state index contributed by atoms with van der Waals surface area (Å²) in [5.41, 5.74) is 0.212. The molecular formula is C8H5ClFNS. The molecule has 0 aliphatic rings. The molecule has 0 saturated heterocycles. The minimum Gasteiger partial charge on any atom is -0.205 e. The van der Waals surface area contributed by atoms with E-state index in [0.29, 0.717) is 4.90 Å². The first-order chi connectivity index (χ1) is 5.70. The van der Waals surface area contributed by atoms with Gasteiger partial charge < -0.3 is 0 Å². The lowest BCUT2D eigenvalue weighted by atomic mass is 10.2. The van der Waals surface area contributed by atoms with E-state index >= 15 is 0 Å². The van der Waals surface area contributed by atoms with Crippen LogP contribution < -0.4 is 0 Å². The summed E-state index contributed by atoms with van der Waals surface area (Å²) in [7, 11) is 0. The molecule has 4 heteroatoms.